The highest BCUT2D eigenvalue weighted by molar-refractivity contribution is 7.92. The molecule has 2 rings (SSSR count). The molecule has 30 heavy (non-hydrogen) atoms. The predicted molar refractivity (Wildman–Crippen MR) is 119 cm³/mol. The molecule has 0 radical (unpaired) electrons. The standard InChI is InChI=1S/C21H26ClN3O4S/c1-4-19(21(27)23-2)24(14-16-8-6-5-7-9-16)20(26)15-25(30(3,28)29)18-12-10-17(22)11-13-18/h5-13,19H,4,14-15H2,1-3H3,(H,23,27)/t19-/m1/s1. The van der Waals surface area contributed by atoms with Crippen LogP contribution in [0.15, 0.2) is 54.6 Å². The van der Waals surface area contributed by atoms with E-state index in [1.54, 1.807) is 19.1 Å². The Hall–Kier alpha value is -2.58. The highest BCUT2D eigenvalue weighted by Crippen LogP contribution is 2.21. The summed E-state index contributed by atoms with van der Waals surface area (Å²) in [6.45, 7) is 1.56. The third kappa shape index (κ3) is 6.21. The molecule has 9 heteroatoms. The van der Waals surface area contributed by atoms with E-state index in [4.69, 9.17) is 11.6 Å². The van der Waals surface area contributed by atoms with Crippen LogP contribution in [0.1, 0.15) is 18.9 Å². The molecule has 0 aliphatic rings. The SMILES string of the molecule is CC[C@H](C(=O)NC)N(Cc1ccccc1)C(=O)CN(c1ccc(Cl)cc1)S(C)(=O)=O. The fourth-order valence-electron chi connectivity index (χ4n) is 3.09. The van der Waals surface area contributed by atoms with E-state index < -0.39 is 28.5 Å². The third-order valence-corrected chi connectivity index (χ3v) is 6.01. The second-order valence-electron chi connectivity index (χ2n) is 6.79. The number of nitrogens with zero attached hydrogens (tertiary/aromatic N) is 2. The van der Waals surface area contributed by atoms with E-state index in [1.165, 1.54) is 24.1 Å². The Balaban J connectivity index is 2.39. The van der Waals surface area contributed by atoms with Gasteiger partial charge in [0.15, 0.2) is 0 Å². The zero-order valence-corrected chi connectivity index (χ0v) is 18.8. The van der Waals surface area contributed by atoms with Crippen molar-refractivity contribution >= 4 is 39.1 Å². The first-order valence-corrected chi connectivity index (χ1v) is 11.7. The molecule has 1 N–H and O–H groups in total. The number of nitrogens with one attached hydrogen (secondary N) is 1. The number of amides is 2. The Morgan fingerprint density at radius 3 is 2.17 bits per heavy atom. The van der Waals surface area contributed by atoms with Gasteiger partial charge >= 0.3 is 0 Å². The summed E-state index contributed by atoms with van der Waals surface area (Å²) in [7, 11) is -2.24. The van der Waals surface area contributed by atoms with Gasteiger partial charge < -0.3 is 10.2 Å². The summed E-state index contributed by atoms with van der Waals surface area (Å²) in [5, 5.41) is 3.03. The molecule has 162 valence electrons. The smallest absolute Gasteiger partial charge is 0.244 e. The van der Waals surface area contributed by atoms with Crippen LogP contribution in [-0.4, -0.2) is 51.0 Å². The zero-order valence-electron chi connectivity index (χ0n) is 17.2. The normalized spacial score (nSPS) is 12.1. The largest absolute Gasteiger partial charge is 0.357 e. The van der Waals surface area contributed by atoms with Crippen LogP contribution in [0, 0.1) is 0 Å². The van der Waals surface area contributed by atoms with Gasteiger partial charge in [0.1, 0.15) is 12.6 Å². The second-order valence-corrected chi connectivity index (χ2v) is 9.13. The molecule has 0 fully saturated rings. The molecule has 0 unspecified atom stereocenters. The fraction of sp³-hybridized carbons (Fsp3) is 0.333. The molecule has 0 bridgehead atoms. The number of hydrogen-bond donors (Lipinski definition) is 1. The van der Waals surface area contributed by atoms with Crippen molar-refractivity contribution in [3.05, 3.63) is 65.2 Å². The quantitative estimate of drug-likeness (QED) is 0.635. The summed E-state index contributed by atoms with van der Waals surface area (Å²) >= 11 is 5.90. The van der Waals surface area contributed by atoms with Gasteiger partial charge in [0.25, 0.3) is 0 Å². The number of hydrogen-bond acceptors (Lipinski definition) is 4. The lowest BCUT2D eigenvalue weighted by Gasteiger charge is -2.32. The molecule has 0 saturated heterocycles. The lowest BCUT2D eigenvalue weighted by Crippen LogP contribution is -2.51. The van der Waals surface area contributed by atoms with Gasteiger partial charge in [0.05, 0.1) is 11.9 Å². The summed E-state index contributed by atoms with van der Waals surface area (Å²) < 4.78 is 25.8. The number of halogens is 1. The average molecular weight is 452 g/mol. The number of anilines is 1. The van der Waals surface area contributed by atoms with Crippen molar-refractivity contribution in [2.75, 3.05) is 24.2 Å². The number of rotatable bonds is 9. The summed E-state index contributed by atoms with van der Waals surface area (Å²) in [5.74, 6) is -0.783. The van der Waals surface area contributed by atoms with Crippen molar-refractivity contribution in [1.82, 2.24) is 10.2 Å². The minimum absolute atomic E-state index is 0.184. The average Bonchev–Trinajstić information content (AvgIpc) is 2.72. The van der Waals surface area contributed by atoms with Crippen molar-refractivity contribution in [2.24, 2.45) is 0 Å². The summed E-state index contributed by atoms with van der Waals surface area (Å²) in [4.78, 5) is 27.1. The Kier molecular flexibility index (Phi) is 8.25. The molecule has 0 aliphatic heterocycles. The highest BCUT2D eigenvalue weighted by atomic mass is 35.5. The lowest BCUT2D eigenvalue weighted by atomic mass is 10.1. The molecule has 2 aromatic rings. The zero-order chi connectivity index (χ0) is 22.3. The van der Waals surface area contributed by atoms with Gasteiger partial charge in [0, 0.05) is 18.6 Å². The van der Waals surface area contributed by atoms with Gasteiger partial charge in [-0.25, -0.2) is 8.42 Å². The summed E-state index contributed by atoms with van der Waals surface area (Å²) in [6, 6.07) is 14.7. The first-order valence-electron chi connectivity index (χ1n) is 9.45. The van der Waals surface area contributed by atoms with Gasteiger partial charge in [-0.2, -0.15) is 0 Å². The van der Waals surface area contributed by atoms with E-state index in [2.05, 4.69) is 5.32 Å². The molecule has 0 spiro atoms. The molecule has 0 heterocycles. The molecule has 0 aliphatic carbocycles. The molecular formula is C21H26ClN3O4S. The van der Waals surface area contributed by atoms with Gasteiger partial charge in [0.2, 0.25) is 21.8 Å². The second kappa shape index (κ2) is 10.4. The lowest BCUT2D eigenvalue weighted by molar-refractivity contribution is -0.140. The van der Waals surface area contributed by atoms with E-state index >= 15 is 0 Å². The number of carbonyl (C=O) groups excluding carboxylic acids is 2. The van der Waals surface area contributed by atoms with Gasteiger partial charge in [-0.1, -0.05) is 48.9 Å². The minimum Gasteiger partial charge on any atom is -0.357 e. The van der Waals surface area contributed by atoms with E-state index in [9.17, 15) is 18.0 Å². The molecule has 2 amide bonds. The van der Waals surface area contributed by atoms with Crippen LogP contribution in [0.4, 0.5) is 5.69 Å². The van der Waals surface area contributed by atoms with Crippen LogP contribution in [0.3, 0.4) is 0 Å². The maximum absolute atomic E-state index is 13.3. The molecule has 7 nitrogen and oxygen atoms in total. The van der Waals surface area contributed by atoms with Crippen LogP contribution in [0.25, 0.3) is 0 Å². The van der Waals surface area contributed by atoms with Crippen molar-refractivity contribution in [2.45, 2.75) is 25.9 Å². The maximum atomic E-state index is 13.3. The van der Waals surface area contributed by atoms with E-state index in [-0.39, 0.29) is 12.5 Å². The summed E-state index contributed by atoms with van der Waals surface area (Å²) in [5.41, 5.74) is 1.16. The van der Waals surface area contributed by atoms with Crippen molar-refractivity contribution < 1.29 is 18.0 Å². The van der Waals surface area contributed by atoms with Crippen LogP contribution < -0.4 is 9.62 Å². The minimum atomic E-state index is -3.75. The Labute approximate surface area is 182 Å². The monoisotopic (exact) mass is 451 g/mol. The molecular weight excluding hydrogens is 426 g/mol. The third-order valence-electron chi connectivity index (χ3n) is 4.62. The fourth-order valence-corrected chi connectivity index (χ4v) is 4.06. The number of carbonyl (C=O) groups is 2. The van der Waals surface area contributed by atoms with Gasteiger partial charge in [-0.05, 0) is 36.2 Å². The number of benzene rings is 2. The van der Waals surface area contributed by atoms with Crippen molar-refractivity contribution in [1.29, 1.82) is 0 Å². The highest BCUT2D eigenvalue weighted by Gasteiger charge is 2.31. The topological polar surface area (TPSA) is 86.8 Å². The number of likely N-dealkylation sites (N-methyl/N-ethyl adjacent to an activating group) is 1. The van der Waals surface area contributed by atoms with Crippen molar-refractivity contribution in [3.8, 4) is 0 Å². The molecule has 0 saturated carbocycles. The first-order chi connectivity index (χ1) is 14.2. The van der Waals surface area contributed by atoms with Gasteiger partial charge in [-0.3, -0.25) is 13.9 Å². The van der Waals surface area contributed by atoms with E-state index in [1.807, 2.05) is 30.3 Å². The van der Waals surface area contributed by atoms with Gasteiger partial charge in [-0.15, -0.1) is 0 Å². The van der Waals surface area contributed by atoms with Crippen LogP contribution >= 0.6 is 11.6 Å². The van der Waals surface area contributed by atoms with E-state index in [0.717, 1.165) is 16.1 Å². The van der Waals surface area contributed by atoms with Crippen LogP contribution in [0.2, 0.25) is 5.02 Å². The molecule has 0 aromatic heterocycles. The maximum Gasteiger partial charge on any atom is 0.244 e. The molecule has 1 atom stereocenters. The summed E-state index contributed by atoms with van der Waals surface area (Å²) in [6.07, 6.45) is 1.42. The Bertz CT molecular complexity index is 966. The van der Waals surface area contributed by atoms with Crippen LogP contribution in [0.5, 0.6) is 0 Å². The first kappa shape index (κ1) is 23.7. The Morgan fingerprint density at radius 1 is 1.07 bits per heavy atom. The number of sulfonamides is 1. The van der Waals surface area contributed by atoms with Crippen molar-refractivity contribution in [3.63, 3.8) is 0 Å². The van der Waals surface area contributed by atoms with E-state index in [0.29, 0.717) is 17.1 Å². The Morgan fingerprint density at radius 2 is 1.67 bits per heavy atom. The molecule has 2 aromatic carbocycles. The van der Waals surface area contributed by atoms with Crippen LogP contribution in [-0.2, 0) is 26.2 Å². The predicted octanol–water partition coefficient (Wildman–Crippen LogP) is 2.66.